The van der Waals surface area contributed by atoms with Crippen molar-refractivity contribution >= 4 is 27.7 Å². The van der Waals surface area contributed by atoms with Crippen LogP contribution in [0.4, 0.5) is 0 Å². The van der Waals surface area contributed by atoms with Crippen molar-refractivity contribution in [1.29, 1.82) is 0 Å². The molecule has 0 unspecified atom stereocenters. The molecule has 0 saturated carbocycles. The first kappa shape index (κ1) is 24.2. The molecule has 2 aromatic rings. The van der Waals surface area contributed by atoms with Gasteiger partial charge in [0.15, 0.2) is 0 Å². The molecule has 2 aromatic carbocycles. The minimum atomic E-state index is -3.69. The highest BCUT2D eigenvalue weighted by Crippen LogP contribution is 2.19. The normalized spacial score (nSPS) is 14.3. The lowest BCUT2D eigenvalue weighted by molar-refractivity contribution is -0.131. The molecular formula is C22H26N4O6S. The molecule has 0 atom stereocenters. The van der Waals surface area contributed by atoms with Crippen molar-refractivity contribution in [2.75, 3.05) is 46.8 Å². The first-order valence-corrected chi connectivity index (χ1v) is 11.7. The molecule has 0 aliphatic carbocycles. The minimum Gasteiger partial charge on any atom is -0.507 e. The number of hydrogen-bond acceptors (Lipinski definition) is 6. The average Bonchev–Trinajstić information content (AvgIpc) is 2.82. The van der Waals surface area contributed by atoms with Gasteiger partial charge in [-0.25, -0.2) is 12.7 Å². The van der Waals surface area contributed by atoms with Gasteiger partial charge in [0, 0.05) is 45.8 Å². The number of nitrogens with one attached hydrogen (secondary N) is 1. The van der Waals surface area contributed by atoms with E-state index in [1.54, 1.807) is 28.0 Å². The second-order valence-electron chi connectivity index (χ2n) is 7.69. The third kappa shape index (κ3) is 5.49. The summed E-state index contributed by atoms with van der Waals surface area (Å²) >= 11 is 0. The molecule has 3 amide bonds. The second-order valence-corrected chi connectivity index (χ2v) is 9.84. The number of benzene rings is 2. The summed E-state index contributed by atoms with van der Waals surface area (Å²) in [5.41, 5.74) is 0.340. The Morgan fingerprint density at radius 3 is 2.24 bits per heavy atom. The van der Waals surface area contributed by atoms with Crippen LogP contribution in [0.3, 0.4) is 0 Å². The number of phenolic OH excluding ortho intramolecular Hbond substituents is 1. The van der Waals surface area contributed by atoms with Crippen LogP contribution >= 0.6 is 0 Å². The van der Waals surface area contributed by atoms with Gasteiger partial charge in [-0.3, -0.25) is 14.4 Å². The van der Waals surface area contributed by atoms with Gasteiger partial charge in [0.1, 0.15) is 5.75 Å². The summed E-state index contributed by atoms with van der Waals surface area (Å²) in [4.78, 5) is 40.6. The number of carbonyl (C=O) groups excluding carboxylic acids is 3. The van der Waals surface area contributed by atoms with Crippen molar-refractivity contribution < 1.29 is 27.9 Å². The highest BCUT2D eigenvalue weighted by Gasteiger charge is 2.26. The largest absolute Gasteiger partial charge is 0.507 e. The van der Waals surface area contributed by atoms with E-state index >= 15 is 0 Å². The molecule has 1 aliphatic heterocycles. The van der Waals surface area contributed by atoms with Gasteiger partial charge in [0.2, 0.25) is 15.9 Å². The summed E-state index contributed by atoms with van der Waals surface area (Å²) in [5.74, 6) is -1.27. The summed E-state index contributed by atoms with van der Waals surface area (Å²) in [6.07, 6.45) is 0. The van der Waals surface area contributed by atoms with Crippen molar-refractivity contribution in [2.24, 2.45) is 0 Å². The maximum Gasteiger partial charge on any atom is 0.257 e. The van der Waals surface area contributed by atoms with Gasteiger partial charge in [-0.15, -0.1) is 0 Å². The summed E-state index contributed by atoms with van der Waals surface area (Å²) in [6.45, 7) is 0.945. The van der Waals surface area contributed by atoms with Gasteiger partial charge >= 0.3 is 0 Å². The van der Waals surface area contributed by atoms with E-state index in [2.05, 4.69) is 5.32 Å². The number of piperazine rings is 1. The SMILES string of the molecule is CN(C)S(=O)(=O)c1cccc(C(=O)NCC(=O)N2CCN(C(=O)c3ccccc3O)CC2)c1. The Morgan fingerprint density at radius 1 is 0.970 bits per heavy atom. The second kappa shape index (κ2) is 10.0. The number of para-hydroxylation sites is 1. The van der Waals surface area contributed by atoms with Crippen molar-refractivity contribution in [1.82, 2.24) is 19.4 Å². The molecule has 0 aromatic heterocycles. The predicted octanol–water partition coefficient (Wildman–Crippen LogP) is 0.357. The van der Waals surface area contributed by atoms with Crippen molar-refractivity contribution in [3.05, 3.63) is 59.7 Å². The molecule has 176 valence electrons. The van der Waals surface area contributed by atoms with E-state index < -0.39 is 15.9 Å². The fraction of sp³-hybridized carbons (Fsp3) is 0.318. The number of nitrogens with zero attached hydrogens (tertiary/aromatic N) is 3. The number of sulfonamides is 1. The number of hydrogen-bond donors (Lipinski definition) is 2. The number of rotatable bonds is 6. The maximum atomic E-state index is 12.6. The van der Waals surface area contributed by atoms with Crippen molar-refractivity contribution in [3.8, 4) is 5.75 Å². The van der Waals surface area contributed by atoms with Crippen molar-refractivity contribution in [2.45, 2.75) is 4.90 Å². The van der Waals surface area contributed by atoms with E-state index in [0.29, 0.717) is 26.2 Å². The molecule has 3 rings (SSSR count). The average molecular weight is 475 g/mol. The van der Waals surface area contributed by atoms with Gasteiger partial charge < -0.3 is 20.2 Å². The lowest BCUT2D eigenvalue weighted by Crippen LogP contribution is -2.52. The molecule has 0 spiro atoms. The first-order valence-electron chi connectivity index (χ1n) is 10.3. The van der Waals surface area contributed by atoms with Gasteiger partial charge in [-0.1, -0.05) is 18.2 Å². The van der Waals surface area contributed by atoms with E-state index in [1.165, 1.54) is 44.4 Å². The molecule has 0 radical (unpaired) electrons. The Morgan fingerprint density at radius 2 is 1.61 bits per heavy atom. The van der Waals surface area contributed by atoms with Crippen LogP contribution in [-0.2, 0) is 14.8 Å². The summed E-state index contributed by atoms with van der Waals surface area (Å²) in [6, 6.07) is 11.9. The van der Waals surface area contributed by atoms with Crippen LogP contribution in [-0.4, -0.2) is 92.2 Å². The summed E-state index contributed by atoms with van der Waals surface area (Å²) in [5, 5.41) is 12.4. The zero-order valence-electron chi connectivity index (χ0n) is 18.4. The highest BCUT2D eigenvalue weighted by atomic mass is 32.2. The summed E-state index contributed by atoms with van der Waals surface area (Å²) in [7, 11) is -0.887. The molecular weight excluding hydrogens is 448 g/mol. The van der Waals surface area contributed by atoms with Crippen LogP contribution < -0.4 is 5.32 Å². The monoisotopic (exact) mass is 474 g/mol. The lowest BCUT2D eigenvalue weighted by Gasteiger charge is -2.35. The lowest BCUT2D eigenvalue weighted by atomic mass is 10.1. The quantitative estimate of drug-likeness (QED) is 0.622. The van der Waals surface area contributed by atoms with E-state index in [0.717, 1.165) is 4.31 Å². The number of aromatic hydroxyl groups is 1. The Bertz CT molecular complexity index is 1160. The predicted molar refractivity (Wildman–Crippen MR) is 120 cm³/mol. The molecule has 33 heavy (non-hydrogen) atoms. The van der Waals surface area contributed by atoms with Crippen molar-refractivity contribution in [3.63, 3.8) is 0 Å². The number of phenols is 1. The third-order valence-corrected chi connectivity index (χ3v) is 7.14. The van der Waals surface area contributed by atoms with E-state index in [-0.39, 0.29) is 40.1 Å². The molecule has 1 aliphatic rings. The van der Waals surface area contributed by atoms with Gasteiger partial charge in [-0.05, 0) is 30.3 Å². The molecule has 1 heterocycles. The van der Waals surface area contributed by atoms with Gasteiger partial charge in [-0.2, -0.15) is 0 Å². The van der Waals surface area contributed by atoms with Gasteiger partial charge in [0.25, 0.3) is 11.8 Å². The van der Waals surface area contributed by atoms with Gasteiger partial charge in [0.05, 0.1) is 17.0 Å². The molecule has 11 heteroatoms. The van der Waals surface area contributed by atoms with Crippen LogP contribution in [0.25, 0.3) is 0 Å². The van der Waals surface area contributed by atoms with Crippen LogP contribution in [0, 0.1) is 0 Å². The van der Waals surface area contributed by atoms with E-state index in [1.807, 2.05) is 0 Å². The maximum absolute atomic E-state index is 12.6. The Labute approximate surface area is 192 Å². The topological polar surface area (TPSA) is 127 Å². The van der Waals surface area contributed by atoms with Crippen LogP contribution in [0.15, 0.2) is 53.4 Å². The fourth-order valence-corrected chi connectivity index (χ4v) is 4.31. The Kier molecular flexibility index (Phi) is 7.34. The summed E-state index contributed by atoms with van der Waals surface area (Å²) < 4.78 is 25.6. The molecule has 1 saturated heterocycles. The molecule has 0 bridgehead atoms. The Balaban J connectivity index is 1.53. The molecule has 1 fully saturated rings. The minimum absolute atomic E-state index is 0.0169. The molecule has 2 N–H and O–H groups in total. The zero-order chi connectivity index (χ0) is 24.2. The smallest absolute Gasteiger partial charge is 0.257 e. The van der Waals surface area contributed by atoms with E-state index in [4.69, 9.17) is 0 Å². The number of amides is 3. The van der Waals surface area contributed by atoms with Crippen LogP contribution in [0.1, 0.15) is 20.7 Å². The number of carbonyl (C=O) groups is 3. The molecule has 10 nitrogen and oxygen atoms in total. The standard InChI is InChI=1S/C22H26N4O6S/c1-24(2)33(31,32)17-7-5-6-16(14-17)21(29)23-15-20(28)25-10-12-26(13-11-25)22(30)18-8-3-4-9-19(18)27/h3-9,14,27H,10-13,15H2,1-2H3,(H,23,29). The Hall–Kier alpha value is -3.44. The zero-order valence-corrected chi connectivity index (χ0v) is 19.2. The van der Waals surface area contributed by atoms with E-state index in [9.17, 15) is 27.9 Å². The van der Waals surface area contributed by atoms with Crippen LogP contribution in [0.5, 0.6) is 5.75 Å². The van der Waals surface area contributed by atoms with Crippen LogP contribution in [0.2, 0.25) is 0 Å². The fourth-order valence-electron chi connectivity index (χ4n) is 3.36. The highest BCUT2D eigenvalue weighted by molar-refractivity contribution is 7.89. The third-order valence-electron chi connectivity index (χ3n) is 5.33. The first-order chi connectivity index (χ1) is 15.6.